The number of ether oxygens (including phenoxy) is 1. The standard InChI is InChI=1S/C11H14ClN5O/c1-6-3-17(4-7(2)18-6)10-8-9(14-5-13-8)15-11(12)16-10/h5-7H,3-4H2,1-2H3,(H,13,14,15,16)/t6-,7+. The Kier molecular flexibility index (Phi) is 2.83. The average Bonchev–Trinajstić information content (AvgIpc) is 2.74. The fraction of sp³-hybridized carbons (Fsp3) is 0.545. The number of imidazole rings is 1. The van der Waals surface area contributed by atoms with Gasteiger partial charge < -0.3 is 14.6 Å². The van der Waals surface area contributed by atoms with E-state index in [-0.39, 0.29) is 17.5 Å². The molecule has 1 fully saturated rings. The van der Waals surface area contributed by atoms with E-state index in [1.165, 1.54) is 0 Å². The second kappa shape index (κ2) is 4.37. The van der Waals surface area contributed by atoms with Crippen molar-refractivity contribution < 1.29 is 4.74 Å². The summed E-state index contributed by atoms with van der Waals surface area (Å²) < 4.78 is 5.72. The van der Waals surface area contributed by atoms with E-state index in [9.17, 15) is 0 Å². The summed E-state index contributed by atoms with van der Waals surface area (Å²) in [4.78, 5) is 17.8. The van der Waals surface area contributed by atoms with Crippen LogP contribution in [0.2, 0.25) is 5.28 Å². The maximum atomic E-state index is 5.94. The molecule has 2 aromatic rings. The lowest BCUT2D eigenvalue weighted by Gasteiger charge is -2.36. The minimum Gasteiger partial charge on any atom is -0.372 e. The first kappa shape index (κ1) is 11.7. The number of rotatable bonds is 1. The molecule has 0 aromatic carbocycles. The van der Waals surface area contributed by atoms with Gasteiger partial charge >= 0.3 is 0 Å². The number of anilines is 1. The van der Waals surface area contributed by atoms with Gasteiger partial charge in [0.25, 0.3) is 0 Å². The highest BCUT2D eigenvalue weighted by Gasteiger charge is 2.25. The summed E-state index contributed by atoms with van der Waals surface area (Å²) in [5, 5.41) is 0.219. The number of morpholine rings is 1. The van der Waals surface area contributed by atoms with Crippen LogP contribution in [0.25, 0.3) is 11.2 Å². The molecule has 1 saturated heterocycles. The number of hydrogen-bond acceptors (Lipinski definition) is 5. The lowest BCUT2D eigenvalue weighted by Crippen LogP contribution is -2.46. The first-order valence-electron chi connectivity index (χ1n) is 5.90. The fourth-order valence-electron chi connectivity index (χ4n) is 2.37. The molecule has 3 heterocycles. The van der Waals surface area contributed by atoms with Gasteiger partial charge in [-0.05, 0) is 25.4 Å². The summed E-state index contributed by atoms with van der Waals surface area (Å²) in [5.41, 5.74) is 1.41. The first-order valence-corrected chi connectivity index (χ1v) is 6.28. The molecule has 0 amide bonds. The van der Waals surface area contributed by atoms with E-state index in [1.54, 1.807) is 6.33 Å². The number of nitrogens with one attached hydrogen (secondary N) is 1. The number of hydrogen-bond donors (Lipinski definition) is 1. The van der Waals surface area contributed by atoms with Crippen LogP contribution in [0, 0.1) is 0 Å². The number of fused-ring (bicyclic) bond motifs is 1. The lowest BCUT2D eigenvalue weighted by atomic mass is 10.2. The van der Waals surface area contributed by atoms with E-state index >= 15 is 0 Å². The molecule has 96 valence electrons. The minimum absolute atomic E-state index is 0.167. The zero-order chi connectivity index (χ0) is 12.7. The molecule has 0 spiro atoms. The van der Waals surface area contributed by atoms with Gasteiger partial charge in [-0.1, -0.05) is 0 Å². The zero-order valence-corrected chi connectivity index (χ0v) is 11.0. The Hall–Kier alpha value is -1.40. The van der Waals surface area contributed by atoms with Crippen molar-refractivity contribution in [2.75, 3.05) is 18.0 Å². The molecule has 1 N–H and O–H groups in total. The number of aromatic nitrogens is 4. The summed E-state index contributed by atoms with van der Waals surface area (Å²) >= 11 is 5.94. The van der Waals surface area contributed by atoms with Crippen LogP contribution in [0.5, 0.6) is 0 Å². The monoisotopic (exact) mass is 267 g/mol. The molecule has 0 bridgehead atoms. The third kappa shape index (κ3) is 2.02. The van der Waals surface area contributed by atoms with E-state index in [0.29, 0.717) is 5.65 Å². The highest BCUT2D eigenvalue weighted by atomic mass is 35.5. The summed E-state index contributed by atoms with van der Waals surface area (Å²) in [7, 11) is 0. The minimum atomic E-state index is 0.167. The Balaban J connectivity index is 2.05. The maximum absolute atomic E-state index is 5.94. The van der Waals surface area contributed by atoms with E-state index in [0.717, 1.165) is 24.4 Å². The van der Waals surface area contributed by atoms with Crippen molar-refractivity contribution in [3.05, 3.63) is 11.6 Å². The molecule has 0 unspecified atom stereocenters. The van der Waals surface area contributed by atoms with Crippen LogP contribution in [0.4, 0.5) is 5.82 Å². The Labute approximate surface area is 109 Å². The largest absolute Gasteiger partial charge is 0.372 e. The average molecular weight is 268 g/mol. The van der Waals surface area contributed by atoms with Gasteiger partial charge in [-0.3, -0.25) is 0 Å². The molecule has 0 saturated carbocycles. The Morgan fingerprint density at radius 3 is 2.78 bits per heavy atom. The van der Waals surface area contributed by atoms with Crippen LogP contribution >= 0.6 is 11.6 Å². The highest BCUT2D eigenvalue weighted by Crippen LogP contribution is 2.25. The second-order valence-electron chi connectivity index (χ2n) is 4.58. The van der Waals surface area contributed by atoms with Crippen LogP contribution in [0.3, 0.4) is 0 Å². The van der Waals surface area contributed by atoms with Gasteiger partial charge in [0.15, 0.2) is 11.5 Å². The molecule has 18 heavy (non-hydrogen) atoms. The number of H-pyrrole nitrogens is 1. The molecule has 1 aliphatic rings. The van der Waals surface area contributed by atoms with E-state index in [1.807, 2.05) is 0 Å². The topological polar surface area (TPSA) is 66.9 Å². The highest BCUT2D eigenvalue weighted by molar-refractivity contribution is 6.28. The molecule has 0 radical (unpaired) electrons. The van der Waals surface area contributed by atoms with Crippen LogP contribution in [0.15, 0.2) is 6.33 Å². The van der Waals surface area contributed by atoms with Gasteiger partial charge in [0.1, 0.15) is 5.52 Å². The van der Waals surface area contributed by atoms with Crippen LogP contribution in [-0.2, 0) is 4.74 Å². The predicted molar refractivity (Wildman–Crippen MR) is 68.9 cm³/mol. The maximum Gasteiger partial charge on any atom is 0.226 e. The zero-order valence-electron chi connectivity index (χ0n) is 10.2. The Morgan fingerprint density at radius 2 is 2.06 bits per heavy atom. The number of aromatic amines is 1. The smallest absolute Gasteiger partial charge is 0.226 e. The van der Waals surface area contributed by atoms with Crippen molar-refractivity contribution in [3.8, 4) is 0 Å². The molecule has 7 heteroatoms. The predicted octanol–water partition coefficient (Wildman–Crippen LogP) is 1.62. The van der Waals surface area contributed by atoms with Gasteiger partial charge in [0.2, 0.25) is 5.28 Å². The van der Waals surface area contributed by atoms with Gasteiger partial charge in [0, 0.05) is 13.1 Å². The molecule has 1 aliphatic heterocycles. The lowest BCUT2D eigenvalue weighted by molar-refractivity contribution is -0.00538. The Bertz CT molecular complexity index is 562. The molecule has 2 atom stereocenters. The third-order valence-corrected chi connectivity index (χ3v) is 3.13. The molecule has 2 aromatic heterocycles. The summed E-state index contributed by atoms with van der Waals surface area (Å²) in [6, 6.07) is 0. The van der Waals surface area contributed by atoms with Crippen molar-refractivity contribution >= 4 is 28.6 Å². The SMILES string of the molecule is C[C@@H]1CN(c2nc(Cl)nc3nc[nH]c23)C[C@H](C)O1. The summed E-state index contributed by atoms with van der Waals surface area (Å²) in [6.45, 7) is 5.67. The third-order valence-electron chi connectivity index (χ3n) is 2.96. The van der Waals surface area contributed by atoms with Crippen molar-refractivity contribution in [2.24, 2.45) is 0 Å². The normalized spacial score (nSPS) is 24.7. The fourth-order valence-corrected chi connectivity index (χ4v) is 2.53. The van der Waals surface area contributed by atoms with Gasteiger partial charge in [0.05, 0.1) is 18.5 Å². The van der Waals surface area contributed by atoms with E-state index in [4.69, 9.17) is 16.3 Å². The summed E-state index contributed by atoms with van der Waals surface area (Å²) in [5.74, 6) is 0.796. The molecular weight excluding hydrogens is 254 g/mol. The molecule has 6 nitrogen and oxygen atoms in total. The van der Waals surface area contributed by atoms with Gasteiger partial charge in [-0.25, -0.2) is 4.98 Å². The van der Waals surface area contributed by atoms with Crippen molar-refractivity contribution in [3.63, 3.8) is 0 Å². The first-order chi connectivity index (χ1) is 8.63. The molecule has 0 aliphatic carbocycles. The van der Waals surface area contributed by atoms with Crippen LogP contribution in [0.1, 0.15) is 13.8 Å². The van der Waals surface area contributed by atoms with Crippen LogP contribution in [-0.4, -0.2) is 45.2 Å². The van der Waals surface area contributed by atoms with E-state index in [2.05, 4.69) is 38.7 Å². The number of halogens is 1. The van der Waals surface area contributed by atoms with Crippen LogP contribution < -0.4 is 4.90 Å². The second-order valence-corrected chi connectivity index (χ2v) is 4.92. The van der Waals surface area contributed by atoms with Gasteiger partial charge in [-0.15, -0.1) is 0 Å². The van der Waals surface area contributed by atoms with Crippen molar-refractivity contribution in [1.82, 2.24) is 19.9 Å². The quantitative estimate of drug-likeness (QED) is 0.796. The Morgan fingerprint density at radius 1 is 1.33 bits per heavy atom. The number of nitrogens with zero attached hydrogens (tertiary/aromatic N) is 4. The summed E-state index contributed by atoms with van der Waals surface area (Å²) in [6.07, 6.45) is 1.94. The van der Waals surface area contributed by atoms with Gasteiger partial charge in [-0.2, -0.15) is 9.97 Å². The van der Waals surface area contributed by atoms with E-state index < -0.39 is 0 Å². The van der Waals surface area contributed by atoms with Crippen molar-refractivity contribution in [1.29, 1.82) is 0 Å². The molecular formula is C11H14ClN5O. The molecule has 3 rings (SSSR count). The van der Waals surface area contributed by atoms with Crippen molar-refractivity contribution in [2.45, 2.75) is 26.1 Å².